The third-order valence-corrected chi connectivity index (χ3v) is 4.83. The lowest BCUT2D eigenvalue weighted by Crippen LogP contribution is -2.13. The van der Waals surface area contributed by atoms with Gasteiger partial charge < -0.3 is 19.5 Å². The van der Waals surface area contributed by atoms with Crippen molar-refractivity contribution in [2.24, 2.45) is 0 Å². The molecule has 0 unspecified atom stereocenters. The van der Waals surface area contributed by atoms with E-state index in [0.717, 1.165) is 5.56 Å². The minimum absolute atomic E-state index is 0.298. The Hall–Kier alpha value is -2.89. The Kier molecular flexibility index (Phi) is 6.86. The fourth-order valence-electron chi connectivity index (χ4n) is 2.66. The number of methoxy groups -OCH3 is 2. The molecular formula is C22H19Cl2NO4. The summed E-state index contributed by atoms with van der Waals surface area (Å²) in [4.78, 5) is 12.7. The molecular weight excluding hydrogens is 413 g/mol. The van der Waals surface area contributed by atoms with Crippen molar-refractivity contribution in [1.29, 1.82) is 0 Å². The zero-order valence-electron chi connectivity index (χ0n) is 15.9. The van der Waals surface area contributed by atoms with Crippen LogP contribution in [0, 0.1) is 0 Å². The van der Waals surface area contributed by atoms with E-state index < -0.39 is 0 Å². The Labute approximate surface area is 179 Å². The van der Waals surface area contributed by atoms with Crippen LogP contribution in [-0.2, 0) is 6.61 Å². The lowest BCUT2D eigenvalue weighted by atomic mass is 10.2. The molecule has 0 radical (unpaired) electrons. The fraction of sp³-hybridized carbons (Fsp3) is 0.136. The normalized spacial score (nSPS) is 10.3. The fourth-order valence-corrected chi connectivity index (χ4v) is 3.09. The Balaban J connectivity index is 1.74. The van der Waals surface area contributed by atoms with E-state index in [-0.39, 0.29) is 5.91 Å². The van der Waals surface area contributed by atoms with E-state index in [2.05, 4.69) is 5.32 Å². The van der Waals surface area contributed by atoms with Gasteiger partial charge in [0.1, 0.15) is 23.9 Å². The average molecular weight is 432 g/mol. The van der Waals surface area contributed by atoms with Crippen LogP contribution in [0.1, 0.15) is 15.9 Å². The van der Waals surface area contributed by atoms with Gasteiger partial charge in [0.2, 0.25) is 0 Å². The molecule has 29 heavy (non-hydrogen) atoms. The van der Waals surface area contributed by atoms with Crippen LogP contribution in [-0.4, -0.2) is 20.1 Å². The van der Waals surface area contributed by atoms with Crippen molar-refractivity contribution in [1.82, 2.24) is 0 Å². The van der Waals surface area contributed by atoms with Gasteiger partial charge in [-0.1, -0.05) is 47.5 Å². The maximum Gasteiger partial charge on any atom is 0.255 e. The monoisotopic (exact) mass is 431 g/mol. The van der Waals surface area contributed by atoms with Gasteiger partial charge >= 0.3 is 0 Å². The van der Waals surface area contributed by atoms with Crippen LogP contribution in [0.4, 0.5) is 5.69 Å². The molecule has 0 spiro atoms. The third kappa shape index (κ3) is 5.13. The molecule has 0 heterocycles. The highest BCUT2D eigenvalue weighted by atomic mass is 35.5. The summed E-state index contributed by atoms with van der Waals surface area (Å²) in [6.07, 6.45) is 0. The average Bonchev–Trinajstić information content (AvgIpc) is 2.73. The van der Waals surface area contributed by atoms with Crippen molar-refractivity contribution in [2.45, 2.75) is 6.61 Å². The first-order valence-electron chi connectivity index (χ1n) is 8.71. The van der Waals surface area contributed by atoms with E-state index in [9.17, 15) is 4.79 Å². The number of anilines is 1. The highest BCUT2D eigenvalue weighted by Crippen LogP contribution is 2.36. The SMILES string of the molecule is COc1cc(OC)c(NC(=O)c2cccc(OCc3ccccc3Cl)c2)cc1Cl. The predicted molar refractivity (Wildman–Crippen MR) is 115 cm³/mol. The Morgan fingerprint density at radius 3 is 2.38 bits per heavy atom. The van der Waals surface area contributed by atoms with E-state index >= 15 is 0 Å². The van der Waals surface area contributed by atoms with E-state index in [4.69, 9.17) is 37.4 Å². The summed E-state index contributed by atoms with van der Waals surface area (Å²) in [6, 6.07) is 17.5. The van der Waals surface area contributed by atoms with Gasteiger partial charge in [-0.15, -0.1) is 0 Å². The molecule has 0 atom stereocenters. The van der Waals surface area contributed by atoms with Gasteiger partial charge in [0.05, 0.1) is 24.9 Å². The van der Waals surface area contributed by atoms with Crippen LogP contribution in [0.2, 0.25) is 10.0 Å². The van der Waals surface area contributed by atoms with E-state index in [1.54, 1.807) is 42.5 Å². The quantitative estimate of drug-likeness (QED) is 0.510. The van der Waals surface area contributed by atoms with Gasteiger partial charge in [-0.05, 0) is 30.3 Å². The molecule has 0 saturated heterocycles. The van der Waals surface area contributed by atoms with Crippen molar-refractivity contribution in [3.05, 3.63) is 81.8 Å². The lowest BCUT2D eigenvalue weighted by molar-refractivity contribution is 0.102. The number of carbonyl (C=O) groups excluding carboxylic acids is 1. The molecule has 0 bridgehead atoms. The number of hydrogen-bond donors (Lipinski definition) is 1. The van der Waals surface area contributed by atoms with Crippen molar-refractivity contribution in [3.8, 4) is 17.2 Å². The highest BCUT2D eigenvalue weighted by molar-refractivity contribution is 6.32. The number of halogens is 2. The number of benzene rings is 3. The topological polar surface area (TPSA) is 56.8 Å². The van der Waals surface area contributed by atoms with Crippen LogP contribution >= 0.6 is 23.2 Å². The smallest absolute Gasteiger partial charge is 0.255 e. The summed E-state index contributed by atoms with van der Waals surface area (Å²) in [5.74, 6) is 1.12. The lowest BCUT2D eigenvalue weighted by Gasteiger charge is -2.13. The van der Waals surface area contributed by atoms with Crippen LogP contribution in [0.5, 0.6) is 17.2 Å². The molecule has 0 fully saturated rings. The largest absolute Gasteiger partial charge is 0.495 e. The molecule has 150 valence electrons. The summed E-state index contributed by atoms with van der Waals surface area (Å²) in [7, 11) is 3.01. The van der Waals surface area contributed by atoms with E-state index in [0.29, 0.717) is 45.2 Å². The summed E-state index contributed by atoms with van der Waals surface area (Å²) in [5, 5.41) is 3.79. The molecule has 7 heteroatoms. The molecule has 0 aromatic heterocycles. The second-order valence-corrected chi connectivity index (χ2v) is 6.86. The van der Waals surface area contributed by atoms with Crippen LogP contribution in [0.25, 0.3) is 0 Å². The zero-order chi connectivity index (χ0) is 20.8. The molecule has 3 aromatic rings. The molecule has 0 aliphatic carbocycles. The standard InChI is InChI=1S/C22H19Cl2NO4/c1-27-20-12-21(28-2)19(11-18(20)24)25-22(26)14-7-5-8-16(10-14)29-13-15-6-3-4-9-17(15)23/h3-12H,13H2,1-2H3,(H,25,26). The van der Waals surface area contributed by atoms with E-state index in [1.807, 2.05) is 18.2 Å². The van der Waals surface area contributed by atoms with Gasteiger partial charge in [-0.25, -0.2) is 0 Å². The van der Waals surface area contributed by atoms with Crippen LogP contribution in [0.15, 0.2) is 60.7 Å². The van der Waals surface area contributed by atoms with Gasteiger partial charge in [-0.3, -0.25) is 4.79 Å². The van der Waals surface area contributed by atoms with Crippen molar-refractivity contribution < 1.29 is 19.0 Å². The molecule has 0 saturated carbocycles. The van der Waals surface area contributed by atoms with Gasteiger partial charge in [0.15, 0.2) is 0 Å². The van der Waals surface area contributed by atoms with Crippen molar-refractivity contribution in [2.75, 3.05) is 19.5 Å². The first kappa shape index (κ1) is 20.8. The van der Waals surface area contributed by atoms with Gasteiger partial charge in [0, 0.05) is 22.2 Å². The minimum Gasteiger partial charge on any atom is -0.495 e. The zero-order valence-corrected chi connectivity index (χ0v) is 17.4. The number of rotatable bonds is 7. The first-order chi connectivity index (χ1) is 14.0. The minimum atomic E-state index is -0.326. The van der Waals surface area contributed by atoms with Crippen LogP contribution in [0.3, 0.4) is 0 Å². The first-order valence-corrected chi connectivity index (χ1v) is 9.46. The summed E-state index contributed by atoms with van der Waals surface area (Å²) in [5.41, 5.74) is 1.72. The molecule has 1 amide bonds. The molecule has 0 aliphatic rings. The second-order valence-electron chi connectivity index (χ2n) is 6.05. The van der Waals surface area contributed by atoms with Crippen LogP contribution < -0.4 is 19.5 Å². The molecule has 5 nitrogen and oxygen atoms in total. The number of hydrogen-bond acceptors (Lipinski definition) is 4. The number of nitrogens with one attached hydrogen (secondary N) is 1. The maximum atomic E-state index is 12.7. The number of carbonyl (C=O) groups is 1. The number of amides is 1. The second kappa shape index (κ2) is 9.54. The molecule has 1 N–H and O–H groups in total. The molecule has 3 rings (SSSR count). The molecule has 3 aromatic carbocycles. The Bertz CT molecular complexity index is 1020. The Morgan fingerprint density at radius 2 is 1.66 bits per heavy atom. The van der Waals surface area contributed by atoms with Crippen molar-refractivity contribution in [3.63, 3.8) is 0 Å². The highest BCUT2D eigenvalue weighted by Gasteiger charge is 2.14. The van der Waals surface area contributed by atoms with Gasteiger partial charge in [0.25, 0.3) is 5.91 Å². The van der Waals surface area contributed by atoms with Gasteiger partial charge in [-0.2, -0.15) is 0 Å². The summed E-state index contributed by atoms with van der Waals surface area (Å²) >= 11 is 12.3. The Morgan fingerprint density at radius 1 is 0.897 bits per heavy atom. The summed E-state index contributed by atoms with van der Waals surface area (Å²) in [6.45, 7) is 0.298. The maximum absolute atomic E-state index is 12.7. The molecule has 0 aliphatic heterocycles. The van der Waals surface area contributed by atoms with Crippen molar-refractivity contribution >= 4 is 34.8 Å². The number of ether oxygens (including phenoxy) is 3. The predicted octanol–water partition coefficient (Wildman–Crippen LogP) is 5.84. The summed E-state index contributed by atoms with van der Waals surface area (Å²) < 4.78 is 16.3. The van der Waals surface area contributed by atoms with E-state index in [1.165, 1.54) is 14.2 Å². The third-order valence-electron chi connectivity index (χ3n) is 4.17.